The molecule has 1 unspecified atom stereocenters. The largest absolute Gasteiger partial charge is 0.387 e. The average Bonchev–Trinajstić information content (AvgIpc) is 2.85. The number of rotatable bonds is 5. The molecule has 0 bridgehead atoms. The minimum absolute atomic E-state index is 0.530. The highest BCUT2D eigenvalue weighted by molar-refractivity contribution is 7.09. The van der Waals surface area contributed by atoms with Crippen molar-refractivity contribution in [1.29, 1.82) is 0 Å². The second kappa shape index (κ2) is 5.44. The van der Waals surface area contributed by atoms with Gasteiger partial charge in [-0.05, 0) is 33.4 Å². The molecule has 1 atom stereocenters. The Labute approximate surface area is 107 Å². The van der Waals surface area contributed by atoms with Crippen LogP contribution in [0.4, 0.5) is 0 Å². The molecule has 2 heterocycles. The van der Waals surface area contributed by atoms with Crippen molar-refractivity contribution < 1.29 is 5.11 Å². The van der Waals surface area contributed by atoms with Gasteiger partial charge in [0.15, 0.2) is 0 Å². The maximum absolute atomic E-state index is 10.3. The highest BCUT2D eigenvalue weighted by Gasteiger charge is 2.31. The molecule has 1 aliphatic rings. The first kappa shape index (κ1) is 13.0. The van der Waals surface area contributed by atoms with E-state index in [1.165, 1.54) is 4.88 Å². The molecule has 2 N–H and O–H groups in total. The number of thiazole rings is 1. The quantitative estimate of drug-likeness (QED) is 0.811. The molecule has 5 heteroatoms. The molecule has 0 amide bonds. The molecule has 1 aliphatic heterocycles. The van der Waals surface area contributed by atoms with Crippen molar-refractivity contribution in [2.45, 2.75) is 25.4 Å². The van der Waals surface area contributed by atoms with Crippen LogP contribution in [0.3, 0.4) is 0 Å². The van der Waals surface area contributed by atoms with Gasteiger partial charge in [0.2, 0.25) is 0 Å². The van der Waals surface area contributed by atoms with Crippen LogP contribution in [0.2, 0.25) is 0 Å². The number of aryl methyl sites for hydroxylation is 1. The summed E-state index contributed by atoms with van der Waals surface area (Å²) in [6.07, 6.45) is 1.88. The average molecular weight is 255 g/mol. The van der Waals surface area contributed by atoms with Crippen LogP contribution in [-0.2, 0) is 6.42 Å². The number of aliphatic hydroxyl groups is 1. The molecule has 0 saturated carbocycles. The second-order valence-corrected chi connectivity index (χ2v) is 5.94. The van der Waals surface area contributed by atoms with Crippen molar-refractivity contribution >= 4 is 11.3 Å². The van der Waals surface area contributed by atoms with E-state index in [0.717, 1.165) is 44.7 Å². The third-order valence-electron chi connectivity index (χ3n) is 3.35. The number of nitrogens with zero attached hydrogens (tertiary/aromatic N) is 2. The fourth-order valence-electron chi connectivity index (χ4n) is 2.31. The lowest BCUT2D eigenvalue weighted by Gasteiger charge is -2.27. The minimum atomic E-state index is -0.530. The van der Waals surface area contributed by atoms with Gasteiger partial charge in [-0.15, -0.1) is 11.3 Å². The Morgan fingerprint density at radius 2 is 2.47 bits per heavy atom. The Morgan fingerprint density at radius 3 is 3.06 bits per heavy atom. The first-order valence-electron chi connectivity index (χ1n) is 6.10. The highest BCUT2D eigenvalue weighted by atomic mass is 32.1. The Kier molecular flexibility index (Phi) is 4.14. The summed E-state index contributed by atoms with van der Waals surface area (Å²) in [5.41, 5.74) is 2.51. The third kappa shape index (κ3) is 3.48. The summed E-state index contributed by atoms with van der Waals surface area (Å²) in [4.78, 5) is 7.82. The van der Waals surface area contributed by atoms with Gasteiger partial charge in [0.05, 0.1) is 16.8 Å². The van der Waals surface area contributed by atoms with Gasteiger partial charge in [0.25, 0.3) is 0 Å². The predicted molar refractivity (Wildman–Crippen MR) is 70.5 cm³/mol. The second-order valence-electron chi connectivity index (χ2n) is 5.00. The SMILES string of the molecule is Cc1ncsc1CCN(C)CC1(O)CCNC1. The fraction of sp³-hybridized carbons (Fsp3) is 0.750. The van der Waals surface area contributed by atoms with Crippen LogP contribution in [-0.4, -0.2) is 53.8 Å². The van der Waals surface area contributed by atoms with Crippen molar-refractivity contribution in [1.82, 2.24) is 15.2 Å². The molecule has 1 aromatic rings. The standard InChI is InChI=1S/C12H21N3OS/c1-10-11(17-9-14-10)3-6-15(2)8-12(16)4-5-13-7-12/h9,13,16H,3-8H2,1-2H3. The highest BCUT2D eigenvalue weighted by Crippen LogP contribution is 2.17. The van der Waals surface area contributed by atoms with Crippen molar-refractivity contribution in [3.05, 3.63) is 16.1 Å². The smallest absolute Gasteiger partial charge is 0.0909 e. The van der Waals surface area contributed by atoms with E-state index in [-0.39, 0.29) is 0 Å². The van der Waals surface area contributed by atoms with Crippen LogP contribution < -0.4 is 5.32 Å². The lowest BCUT2D eigenvalue weighted by Crippen LogP contribution is -2.43. The maximum Gasteiger partial charge on any atom is 0.0909 e. The molecule has 1 fully saturated rings. The molecule has 0 spiro atoms. The number of hydrogen-bond acceptors (Lipinski definition) is 5. The first-order valence-corrected chi connectivity index (χ1v) is 6.98. The zero-order chi connectivity index (χ0) is 12.3. The van der Waals surface area contributed by atoms with E-state index in [0.29, 0.717) is 0 Å². The molecule has 1 aromatic heterocycles. The van der Waals surface area contributed by atoms with Gasteiger partial charge in [0.1, 0.15) is 0 Å². The van der Waals surface area contributed by atoms with E-state index in [9.17, 15) is 5.11 Å². The van der Waals surface area contributed by atoms with E-state index in [1.54, 1.807) is 11.3 Å². The molecule has 0 aliphatic carbocycles. The number of β-amino-alcohol motifs (C(OH)–C–C–N with tert-alkyl or cyclic N) is 1. The molecule has 2 rings (SSSR count). The number of aromatic nitrogens is 1. The van der Waals surface area contributed by atoms with Gasteiger partial charge in [-0.3, -0.25) is 0 Å². The van der Waals surface area contributed by atoms with Gasteiger partial charge in [-0.25, -0.2) is 4.98 Å². The van der Waals surface area contributed by atoms with Crippen LogP contribution in [0.5, 0.6) is 0 Å². The topological polar surface area (TPSA) is 48.4 Å². The maximum atomic E-state index is 10.3. The van der Waals surface area contributed by atoms with Gasteiger partial charge in [-0.2, -0.15) is 0 Å². The summed E-state index contributed by atoms with van der Waals surface area (Å²) < 4.78 is 0. The molecule has 17 heavy (non-hydrogen) atoms. The van der Waals surface area contributed by atoms with E-state index in [2.05, 4.69) is 29.2 Å². The van der Waals surface area contributed by atoms with Crippen LogP contribution in [0.1, 0.15) is 17.0 Å². The molecule has 4 nitrogen and oxygen atoms in total. The van der Waals surface area contributed by atoms with Crippen molar-refractivity contribution in [3.63, 3.8) is 0 Å². The Balaban J connectivity index is 1.78. The van der Waals surface area contributed by atoms with E-state index >= 15 is 0 Å². The lowest BCUT2D eigenvalue weighted by atomic mass is 10.0. The number of nitrogens with one attached hydrogen (secondary N) is 1. The van der Waals surface area contributed by atoms with E-state index in [1.807, 2.05) is 5.51 Å². The normalized spacial score (nSPS) is 24.7. The van der Waals surface area contributed by atoms with Crippen LogP contribution >= 0.6 is 11.3 Å². The minimum Gasteiger partial charge on any atom is -0.387 e. The van der Waals surface area contributed by atoms with Gasteiger partial charge < -0.3 is 15.3 Å². The Hall–Kier alpha value is -0.490. The third-order valence-corrected chi connectivity index (χ3v) is 4.35. The van der Waals surface area contributed by atoms with Gasteiger partial charge >= 0.3 is 0 Å². The zero-order valence-electron chi connectivity index (χ0n) is 10.6. The fourth-order valence-corrected chi connectivity index (χ4v) is 3.08. The summed E-state index contributed by atoms with van der Waals surface area (Å²) in [6, 6.07) is 0. The van der Waals surface area contributed by atoms with E-state index in [4.69, 9.17) is 0 Å². The van der Waals surface area contributed by atoms with Gasteiger partial charge in [-0.1, -0.05) is 0 Å². The predicted octanol–water partition coefficient (Wildman–Crippen LogP) is 0.650. The molecular weight excluding hydrogens is 234 g/mol. The molecular formula is C12H21N3OS. The Bertz CT molecular complexity index is 360. The summed E-state index contributed by atoms with van der Waals surface area (Å²) in [5, 5.41) is 13.5. The van der Waals surface area contributed by atoms with Crippen LogP contribution in [0.15, 0.2) is 5.51 Å². The molecule has 1 saturated heterocycles. The monoisotopic (exact) mass is 255 g/mol. The van der Waals surface area contributed by atoms with Crippen molar-refractivity contribution in [3.8, 4) is 0 Å². The molecule has 0 radical (unpaired) electrons. The Morgan fingerprint density at radius 1 is 1.65 bits per heavy atom. The van der Waals surface area contributed by atoms with Crippen LogP contribution in [0, 0.1) is 6.92 Å². The zero-order valence-corrected chi connectivity index (χ0v) is 11.4. The first-order chi connectivity index (χ1) is 8.09. The molecule has 0 aromatic carbocycles. The van der Waals surface area contributed by atoms with Crippen molar-refractivity contribution in [2.24, 2.45) is 0 Å². The van der Waals surface area contributed by atoms with Crippen LogP contribution in [0.25, 0.3) is 0 Å². The summed E-state index contributed by atoms with van der Waals surface area (Å²) in [5.74, 6) is 0. The molecule has 96 valence electrons. The van der Waals surface area contributed by atoms with E-state index < -0.39 is 5.60 Å². The number of hydrogen-bond donors (Lipinski definition) is 2. The summed E-state index contributed by atoms with van der Waals surface area (Å²) in [7, 11) is 2.08. The lowest BCUT2D eigenvalue weighted by molar-refractivity contribution is 0.0287. The van der Waals surface area contributed by atoms with Crippen molar-refractivity contribution in [2.75, 3.05) is 33.2 Å². The summed E-state index contributed by atoms with van der Waals surface area (Å²) in [6.45, 7) is 5.43. The summed E-state index contributed by atoms with van der Waals surface area (Å²) >= 11 is 1.72. The number of likely N-dealkylation sites (N-methyl/N-ethyl adjacent to an activating group) is 1. The van der Waals surface area contributed by atoms with Gasteiger partial charge in [0, 0.05) is 24.5 Å².